The van der Waals surface area contributed by atoms with Crippen LogP contribution in [0.4, 0.5) is 18.9 Å². The summed E-state index contributed by atoms with van der Waals surface area (Å²) in [6, 6.07) is 9.51. The molecule has 0 aliphatic carbocycles. The van der Waals surface area contributed by atoms with E-state index in [9.17, 15) is 13.2 Å². The third-order valence-electron chi connectivity index (χ3n) is 2.54. The second kappa shape index (κ2) is 5.81. The molecule has 20 heavy (non-hydrogen) atoms. The first kappa shape index (κ1) is 14.2. The Labute approximate surface area is 114 Å². The third kappa shape index (κ3) is 4.46. The van der Waals surface area contributed by atoms with Gasteiger partial charge in [-0.25, -0.2) is 0 Å². The molecule has 6 heteroatoms. The van der Waals surface area contributed by atoms with E-state index in [1.54, 1.807) is 12.3 Å². The van der Waals surface area contributed by atoms with Gasteiger partial charge in [0.2, 0.25) is 0 Å². The van der Waals surface area contributed by atoms with Crippen molar-refractivity contribution < 1.29 is 17.9 Å². The molecular weight excluding hydrogens is 269 g/mol. The molecule has 1 aromatic carbocycles. The van der Waals surface area contributed by atoms with Gasteiger partial charge in [0.25, 0.3) is 0 Å². The lowest BCUT2D eigenvalue weighted by molar-refractivity contribution is -0.274. The molecule has 1 N–H and O–H groups in total. The standard InChI is InChI=1S/C14H13F3N2O/c1-10-5-6-11(8-18-10)9-19-12-3-2-4-13(7-12)20-14(15,16)17/h2-8,19H,9H2,1H3. The van der Waals surface area contributed by atoms with Gasteiger partial charge in [0.05, 0.1) is 0 Å². The monoisotopic (exact) mass is 282 g/mol. The number of anilines is 1. The van der Waals surface area contributed by atoms with Gasteiger partial charge in [-0.05, 0) is 30.7 Å². The highest BCUT2D eigenvalue weighted by Gasteiger charge is 2.31. The molecule has 0 bridgehead atoms. The number of hydrogen-bond acceptors (Lipinski definition) is 3. The van der Waals surface area contributed by atoms with E-state index < -0.39 is 6.36 Å². The molecule has 1 heterocycles. The minimum absolute atomic E-state index is 0.246. The van der Waals surface area contributed by atoms with E-state index in [1.807, 2.05) is 19.1 Å². The predicted octanol–water partition coefficient (Wildman–Crippen LogP) is 3.90. The van der Waals surface area contributed by atoms with Crippen molar-refractivity contribution >= 4 is 5.69 Å². The smallest absolute Gasteiger partial charge is 0.406 e. The number of nitrogens with zero attached hydrogens (tertiary/aromatic N) is 1. The van der Waals surface area contributed by atoms with Crippen LogP contribution in [0.3, 0.4) is 0 Å². The number of benzene rings is 1. The largest absolute Gasteiger partial charge is 0.573 e. The number of aromatic nitrogens is 1. The molecule has 3 nitrogen and oxygen atoms in total. The Balaban J connectivity index is 1.99. The molecule has 1 aromatic heterocycles. The summed E-state index contributed by atoms with van der Waals surface area (Å²) in [5.74, 6) is -0.246. The molecule has 2 aromatic rings. The van der Waals surface area contributed by atoms with Crippen molar-refractivity contribution in [1.82, 2.24) is 4.98 Å². The molecule has 2 rings (SSSR count). The number of hydrogen-bond donors (Lipinski definition) is 1. The molecule has 0 saturated heterocycles. The van der Waals surface area contributed by atoms with Gasteiger partial charge in [0.1, 0.15) is 5.75 Å². The molecule has 0 fully saturated rings. The van der Waals surface area contributed by atoms with Crippen LogP contribution in [0.25, 0.3) is 0 Å². The van der Waals surface area contributed by atoms with Crippen LogP contribution in [-0.4, -0.2) is 11.3 Å². The second-order valence-electron chi connectivity index (χ2n) is 4.24. The Hall–Kier alpha value is -2.24. The van der Waals surface area contributed by atoms with E-state index in [2.05, 4.69) is 15.0 Å². The fourth-order valence-electron chi connectivity index (χ4n) is 1.61. The van der Waals surface area contributed by atoms with Crippen LogP contribution in [-0.2, 0) is 6.54 Å². The van der Waals surface area contributed by atoms with Crippen LogP contribution in [0.15, 0.2) is 42.6 Å². The molecule has 0 radical (unpaired) electrons. The highest BCUT2D eigenvalue weighted by Crippen LogP contribution is 2.25. The molecule has 106 valence electrons. The summed E-state index contributed by atoms with van der Waals surface area (Å²) in [5, 5.41) is 3.02. The van der Waals surface area contributed by atoms with Crippen LogP contribution in [0, 0.1) is 6.92 Å². The van der Waals surface area contributed by atoms with Crippen LogP contribution < -0.4 is 10.1 Å². The first-order valence-corrected chi connectivity index (χ1v) is 5.93. The summed E-state index contributed by atoms with van der Waals surface area (Å²) >= 11 is 0. The Bertz CT molecular complexity index is 567. The van der Waals surface area contributed by atoms with Crippen molar-refractivity contribution in [3.63, 3.8) is 0 Å². The van der Waals surface area contributed by atoms with Crippen LogP contribution >= 0.6 is 0 Å². The SMILES string of the molecule is Cc1ccc(CNc2cccc(OC(F)(F)F)c2)cn1. The first-order valence-electron chi connectivity index (χ1n) is 5.93. The van der Waals surface area contributed by atoms with E-state index in [0.29, 0.717) is 12.2 Å². The van der Waals surface area contributed by atoms with E-state index in [-0.39, 0.29) is 5.75 Å². The fraction of sp³-hybridized carbons (Fsp3) is 0.214. The van der Waals surface area contributed by atoms with Crippen LogP contribution in [0.2, 0.25) is 0 Å². The normalized spacial score (nSPS) is 11.2. The third-order valence-corrected chi connectivity index (χ3v) is 2.54. The van der Waals surface area contributed by atoms with Gasteiger partial charge in [0, 0.05) is 30.2 Å². The fourth-order valence-corrected chi connectivity index (χ4v) is 1.61. The zero-order chi connectivity index (χ0) is 14.6. The summed E-state index contributed by atoms with van der Waals surface area (Å²) in [6.45, 7) is 2.36. The van der Waals surface area contributed by atoms with Gasteiger partial charge in [0.15, 0.2) is 0 Å². The first-order chi connectivity index (χ1) is 9.42. The van der Waals surface area contributed by atoms with E-state index in [0.717, 1.165) is 11.3 Å². The number of halogens is 3. The number of alkyl halides is 3. The van der Waals surface area contributed by atoms with Crippen molar-refractivity contribution in [2.24, 2.45) is 0 Å². The molecule has 0 aliphatic rings. The van der Waals surface area contributed by atoms with Crippen molar-refractivity contribution in [2.45, 2.75) is 19.8 Å². The van der Waals surface area contributed by atoms with Crippen LogP contribution in [0.1, 0.15) is 11.3 Å². The zero-order valence-corrected chi connectivity index (χ0v) is 10.7. The molecule has 0 atom stereocenters. The summed E-state index contributed by atoms with van der Waals surface area (Å²) in [4.78, 5) is 4.14. The topological polar surface area (TPSA) is 34.1 Å². The lowest BCUT2D eigenvalue weighted by Gasteiger charge is -2.11. The summed E-state index contributed by atoms with van der Waals surface area (Å²) in [6.07, 6.45) is -2.96. The zero-order valence-electron chi connectivity index (χ0n) is 10.7. The van der Waals surface area contributed by atoms with Gasteiger partial charge >= 0.3 is 6.36 Å². The van der Waals surface area contributed by atoms with Crippen LogP contribution in [0.5, 0.6) is 5.75 Å². The van der Waals surface area contributed by atoms with Crippen molar-refractivity contribution in [3.8, 4) is 5.75 Å². The van der Waals surface area contributed by atoms with Crippen molar-refractivity contribution in [1.29, 1.82) is 0 Å². The lowest BCUT2D eigenvalue weighted by Crippen LogP contribution is -2.17. The van der Waals surface area contributed by atoms with Crippen molar-refractivity contribution in [3.05, 3.63) is 53.9 Å². The highest BCUT2D eigenvalue weighted by atomic mass is 19.4. The molecule has 0 saturated carbocycles. The number of ether oxygens (including phenoxy) is 1. The second-order valence-corrected chi connectivity index (χ2v) is 4.24. The number of nitrogens with one attached hydrogen (secondary N) is 1. The Kier molecular flexibility index (Phi) is 4.12. The summed E-state index contributed by atoms with van der Waals surface area (Å²) in [5.41, 5.74) is 2.40. The average molecular weight is 282 g/mol. The maximum absolute atomic E-state index is 12.1. The molecule has 0 aliphatic heterocycles. The Morgan fingerprint density at radius 3 is 2.65 bits per heavy atom. The van der Waals surface area contributed by atoms with Gasteiger partial charge in [-0.15, -0.1) is 13.2 Å². The highest BCUT2D eigenvalue weighted by molar-refractivity contribution is 5.48. The maximum Gasteiger partial charge on any atom is 0.573 e. The van der Waals surface area contributed by atoms with Gasteiger partial charge in [-0.3, -0.25) is 4.98 Å². The van der Waals surface area contributed by atoms with Gasteiger partial charge < -0.3 is 10.1 Å². The summed E-state index contributed by atoms with van der Waals surface area (Å²) in [7, 11) is 0. The molecule has 0 spiro atoms. The molecular formula is C14H13F3N2O. The maximum atomic E-state index is 12.1. The molecule has 0 unspecified atom stereocenters. The molecule has 0 amide bonds. The summed E-state index contributed by atoms with van der Waals surface area (Å²) < 4.78 is 40.2. The van der Waals surface area contributed by atoms with E-state index in [1.165, 1.54) is 18.2 Å². The Morgan fingerprint density at radius 1 is 1.20 bits per heavy atom. The predicted molar refractivity (Wildman–Crippen MR) is 69.4 cm³/mol. The van der Waals surface area contributed by atoms with E-state index in [4.69, 9.17) is 0 Å². The van der Waals surface area contributed by atoms with Gasteiger partial charge in [-0.2, -0.15) is 0 Å². The van der Waals surface area contributed by atoms with E-state index >= 15 is 0 Å². The van der Waals surface area contributed by atoms with Crippen molar-refractivity contribution in [2.75, 3.05) is 5.32 Å². The number of aryl methyl sites for hydroxylation is 1. The minimum Gasteiger partial charge on any atom is -0.406 e. The minimum atomic E-state index is -4.68. The Morgan fingerprint density at radius 2 is 2.00 bits per heavy atom. The lowest BCUT2D eigenvalue weighted by atomic mass is 10.2. The number of rotatable bonds is 4. The number of pyridine rings is 1. The average Bonchev–Trinajstić information content (AvgIpc) is 2.36. The quantitative estimate of drug-likeness (QED) is 0.923. The van der Waals surface area contributed by atoms with Gasteiger partial charge in [-0.1, -0.05) is 12.1 Å².